The van der Waals surface area contributed by atoms with Gasteiger partial charge in [-0.25, -0.2) is 17.9 Å². The SMILES string of the molecule is CS(=O)(=O)C1CNCCN1Cc1cc2c(N3CCOCC3)nc(-c3ccc(N)cc3)nn2c1. The Hall–Kier alpha value is -2.73. The summed E-state index contributed by atoms with van der Waals surface area (Å²) in [7, 11) is -3.20. The van der Waals surface area contributed by atoms with E-state index in [1.807, 2.05) is 39.9 Å². The summed E-state index contributed by atoms with van der Waals surface area (Å²) in [6, 6.07) is 9.59. The van der Waals surface area contributed by atoms with Crippen molar-refractivity contribution in [2.45, 2.75) is 11.9 Å². The van der Waals surface area contributed by atoms with E-state index in [-0.39, 0.29) is 0 Å². The number of ether oxygens (including phenoxy) is 1. The molecule has 3 aromatic rings. The third-order valence-corrected chi connectivity index (χ3v) is 7.62. The van der Waals surface area contributed by atoms with Gasteiger partial charge < -0.3 is 20.7 Å². The largest absolute Gasteiger partial charge is 0.399 e. The molecule has 3 N–H and O–H groups in total. The fourth-order valence-electron chi connectivity index (χ4n) is 4.45. The van der Waals surface area contributed by atoms with Crippen molar-refractivity contribution in [2.24, 2.45) is 0 Å². The number of piperazine rings is 1. The lowest BCUT2D eigenvalue weighted by Crippen LogP contribution is -2.53. The number of fused-ring (bicyclic) bond motifs is 1. The Labute approximate surface area is 193 Å². The van der Waals surface area contributed by atoms with Gasteiger partial charge in [-0.05, 0) is 35.9 Å². The van der Waals surface area contributed by atoms with Gasteiger partial charge in [-0.2, -0.15) is 0 Å². The van der Waals surface area contributed by atoms with E-state index in [1.54, 1.807) is 0 Å². The quantitative estimate of drug-likeness (QED) is 0.516. The molecule has 0 saturated carbocycles. The van der Waals surface area contributed by atoms with Crippen molar-refractivity contribution in [3.63, 3.8) is 0 Å². The molecular weight excluding hydrogens is 442 g/mol. The van der Waals surface area contributed by atoms with Crippen LogP contribution in [0.5, 0.6) is 0 Å². The summed E-state index contributed by atoms with van der Waals surface area (Å²) >= 11 is 0. The van der Waals surface area contributed by atoms with Crippen molar-refractivity contribution in [2.75, 3.05) is 62.8 Å². The van der Waals surface area contributed by atoms with Crippen LogP contribution in [0.1, 0.15) is 5.56 Å². The highest BCUT2D eigenvalue weighted by Gasteiger charge is 2.31. The molecule has 10 nitrogen and oxygen atoms in total. The van der Waals surface area contributed by atoms with Crippen LogP contribution in [-0.2, 0) is 21.1 Å². The predicted octanol–water partition coefficient (Wildman–Crippen LogP) is 0.591. The molecule has 33 heavy (non-hydrogen) atoms. The molecule has 5 rings (SSSR count). The summed E-state index contributed by atoms with van der Waals surface area (Å²) in [4.78, 5) is 9.15. The van der Waals surface area contributed by atoms with Crippen molar-refractivity contribution in [1.82, 2.24) is 24.8 Å². The summed E-state index contributed by atoms with van der Waals surface area (Å²) in [6.45, 7) is 5.21. The molecule has 0 spiro atoms. The highest BCUT2D eigenvalue weighted by molar-refractivity contribution is 7.91. The molecule has 2 fully saturated rings. The number of hydrogen-bond acceptors (Lipinski definition) is 9. The van der Waals surface area contributed by atoms with Gasteiger partial charge in [0.2, 0.25) is 0 Å². The van der Waals surface area contributed by atoms with Crippen LogP contribution in [0.15, 0.2) is 36.5 Å². The highest BCUT2D eigenvalue weighted by Crippen LogP contribution is 2.27. The monoisotopic (exact) mass is 471 g/mol. The Kier molecular flexibility index (Phi) is 5.95. The topological polar surface area (TPSA) is 118 Å². The molecule has 11 heteroatoms. The van der Waals surface area contributed by atoms with Gasteiger partial charge in [0.25, 0.3) is 0 Å². The van der Waals surface area contributed by atoms with Crippen LogP contribution in [0, 0.1) is 0 Å². The predicted molar refractivity (Wildman–Crippen MR) is 128 cm³/mol. The fourth-order valence-corrected chi connectivity index (χ4v) is 5.59. The minimum Gasteiger partial charge on any atom is -0.399 e. The Bertz CT molecular complexity index is 1240. The number of nitrogens with zero attached hydrogens (tertiary/aromatic N) is 5. The molecule has 1 aromatic carbocycles. The smallest absolute Gasteiger partial charge is 0.182 e. The molecule has 2 aliphatic heterocycles. The average Bonchev–Trinajstić information content (AvgIpc) is 3.21. The molecule has 176 valence electrons. The first kappa shape index (κ1) is 22.1. The molecule has 1 unspecified atom stereocenters. The number of nitrogens with one attached hydrogen (secondary N) is 1. The minimum atomic E-state index is -3.20. The molecule has 4 heterocycles. The number of morpholine rings is 1. The van der Waals surface area contributed by atoms with Crippen LogP contribution in [-0.4, -0.2) is 85.5 Å². The number of benzene rings is 1. The van der Waals surface area contributed by atoms with E-state index in [9.17, 15) is 8.42 Å². The van der Waals surface area contributed by atoms with E-state index >= 15 is 0 Å². The first-order valence-electron chi connectivity index (χ1n) is 11.1. The average molecular weight is 472 g/mol. The number of anilines is 2. The zero-order valence-corrected chi connectivity index (χ0v) is 19.5. The second-order valence-electron chi connectivity index (χ2n) is 8.62. The van der Waals surface area contributed by atoms with E-state index in [1.165, 1.54) is 6.26 Å². The second kappa shape index (κ2) is 8.90. The first-order valence-corrected chi connectivity index (χ1v) is 13.1. The van der Waals surface area contributed by atoms with Crippen LogP contribution < -0.4 is 16.0 Å². The molecule has 0 bridgehead atoms. The van der Waals surface area contributed by atoms with E-state index in [0.717, 1.165) is 42.1 Å². The lowest BCUT2D eigenvalue weighted by atomic mass is 10.2. The maximum atomic E-state index is 12.3. The van der Waals surface area contributed by atoms with Crippen LogP contribution in [0.25, 0.3) is 16.9 Å². The van der Waals surface area contributed by atoms with Crippen molar-refractivity contribution in [1.29, 1.82) is 0 Å². The minimum absolute atomic E-state index is 0.437. The Morgan fingerprint density at radius 1 is 1.18 bits per heavy atom. The van der Waals surface area contributed by atoms with Crippen molar-refractivity contribution < 1.29 is 13.2 Å². The molecule has 0 aliphatic carbocycles. The van der Waals surface area contributed by atoms with Crippen LogP contribution in [0.2, 0.25) is 0 Å². The highest BCUT2D eigenvalue weighted by atomic mass is 32.2. The summed E-state index contributed by atoms with van der Waals surface area (Å²) in [5.74, 6) is 1.47. The Morgan fingerprint density at radius 2 is 1.94 bits per heavy atom. The lowest BCUT2D eigenvalue weighted by molar-refractivity contribution is 0.122. The maximum absolute atomic E-state index is 12.3. The van der Waals surface area contributed by atoms with Crippen molar-refractivity contribution in [3.8, 4) is 11.4 Å². The Balaban J connectivity index is 1.54. The summed E-state index contributed by atoms with van der Waals surface area (Å²) in [6.07, 6.45) is 3.28. The van der Waals surface area contributed by atoms with Gasteiger partial charge in [0, 0.05) is 63.0 Å². The molecule has 0 amide bonds. The molecule has 2 saturated heterocycles. The van der Waals surface area contributed by atoms with Gasteiger partial charge in [-0.3, -0.25) is 4.90 Å². The third-order valence-electron chi connectivity index (χ3n) is 6.16. The standard InChI is InChI=1S/C22H29N7O3S/c1-33(30,31)20-13-24-6-7-28(20)14-16-12-19-22(27-8-10-32-11-9-27)25-21(26-29(19)15-16)17-2-4-18(23)5-3-17/h2-5,12,15,20,24H,6-11,13-14,23H2,1H3. The number of hydrogen-bond donors (Lipinski definition) is 2. The first-order chi connectivity index (χ1) is 15.9. The van der Waals surface area contributed by atoms with Gasteiger partial charge in [0.1, 0.15) is 10.9 Å². The van der Waals surface area contributed by atoms with Gasteiger partial charge in [0.05, 0.1) is 13.2 Å². The van der Waals surface area contributed by atoms with Gasteiger partial charge in [-0.15, -0.1) is 5.10 Å². The van der Waals surface area contributed by atoms with E-state index < -0.39 is 15.2 Å². The molecule has 1 atom stereocenters. The van der Waals surface area contributed by atoms with Crippen molar-refractivity contribution in [3.05, 3.63) is 42.1 Å². The lowest BCUT2D eigenvalue weighted by Gasteiger charge is -2.34. The Morgan fingerprint density at radius 3 is 2.67 bits per heavy atom. The van der Waals surface area contributed by atoms with Gasteiger partial charge in [0.15, 0.2) is 21.5 Å². The molecular formula is C22H29N7O3S. The zero-order valence-electron chi connectivity index (χ0n) is 18.6. The van der Waals surface area contributed by atoms with Crippen molar-refractivity contribution >= 4 is 26.9 Å². The molecule has 0 radical (unpaired) electrons. The molecule has 2 aromatic heterocycles. The third kappa shape index (κ3) is 4.67. The second-order valence-corrected chi connectivity index (χ2v) is 10.8. The van der Waals surface area contributed by atoms with Crippen LogP contribution >= 0.6 is 0 Å². The van der Waals surface area contributed by atoms with Crippen LogP contribution in [0.3, 0.4) is 0 Å². The fraction of sp³-hybridized carbons (Fsp3) is 0.455. The number of aromatic nitrogens is 3. The molecule has 2 aliphatic rings. The zero-order chi connectivity index (χ0) is 23.0. The van der Waals surface area contributed by atoms with Gasteiger partial charge >= 0.3 is 0 Å². The normalized spacial score (nSPS) is 20.4. The van der Waals surface area contributed by atoms with Gasteiger partial charge in [-0.1, -0.05) is 0 Å². The van der Waals surface area contributed by atoms with E-state index in [4.69, 9.17) is 20.6 Å². The summed E-state index contributed by atoms with van der Waals surface area (Å²) in [5, 5.41) is 7.42. The number of nitrogens with two attached hydrogens (primary N) is 1. The summed E-state index contributed by atoms with van der Waals surface area (Å²) < 4.78 is 32.0. The number of nitrogen functional groups attached to an aromatic ring is 1. The number of rotatable bonds is 5. The van der Waals surface area contributed by atoms with E-state index in [0.29, 0.717) is 44.4 Å². The maximum Gasteiger partial charge on any atom is 0.182 e. The number of sulfone groups is 1. The summed E-state index contributed by atoms with van der Waals surface area (Å²) in [5.41, 5.74) is 9.33. The van der Waals surface area contributed by atoms with E-state index in [2.05, 4.69) is 16.3 Å². The van der Waals surface area contributed by atoms with Crippen LogP contribution in [0.4, 0.5) is 11.5 Å².